The van der Waals surface area contributed by atoms with E-state index in [1.165, 1.54) is 0 Å². The molecule has 2 aromatic carbocycles. The van der Waals surface area contributed by atoms with E-state index in [-0.39, 0.29) is 5.78 Å². The zero-order valence-electron chi connectivity index (χ0n) is 16.5. The predicted octanol–water partition coefficient (Wildman–Crippen LogP) is 4.06. The van der Waals surface area contributed by atoms with Crippen LogP contribution in [-0.4, -0.2) is 29.5 Å². The van der Waals surface area contributed by atoms with Gasteiger partial charge >= 0.3 is 0 Å². The molecule has 2 aliphatic heterocycles. The summed E-state index contributed by atoms with van der Waals surface area (Å²) >= 11 is 0. The average Bonchev–Trinajstić information content (AvgIpc) is 3.11. The maximum atomic E-state index is 12.8. The van der Waals surface area contributed by atoms with Gasteiger partial charge in [0.05, 0.1) is 18.2 Å². The van der Waals surface area contributed by atoms with Gasteiger partial charge in [0.15, 0.2) is 5.76 Å². The highest BCUT2D eigenvalue weighted by Gasteiger charge is 2.33. The van der Waals surface area contributed by atoms with E-state index in [2.05, 4.69) is 9.88 Å². The van der Waals surface area contributed by atoms with Crippen molar-refractivity contribution in [2.24, 2.45) is 0 Å². The molecule has 0 N–H and O–H groups in total. The molecule has 5 rings (SSSR count). The average molecular weight is 400 g/mol. The summed E-state index contributed by atoms with van der Waals surface area (Å²) in [7, 11) is 1.66. The zero-order chi connectivity index (χ0) is 20.5. The third-order valence-corrected chi connectivity index (χ3v) is 5.23. The number of aromatic nitrogens is 1. The normalized spacial score (nSPS) is 16.6. The molecular formula is C24H20N2O4. The first-order valence-corrected chi connectivity index (χ1v) is 9.69. The summed E-state index contributed by atoms with van der Waals surface area (Å²) in [6.07, 6.45) is 5.11. The summed E-state index contributed by atoms with van der Waals surface area (Å²) in [5, 5.41) is 0. The fourth-order valence-corrected chi connectivity index (χ4v) is 3.71. The molecule has 0 unspecified atom stereocenters. The van der Waals surface area contributed by atoms with Crippen LogP contribution in [0.3, 0.4) is 0 Å². The molecule has 0 bridgehead atoms. The van der Waals surface area contributed by atoms with Crippen LogP contribution in [0.25, 0.3) is 6.08 Å². The minimum absolute atomic E-state index is 0.121. The van der Waals surface area contributed by atoms with Gasteiger partial charge in [0, 0.05) is 25.5 Å². The summed E-state index contributed by atoms with van der Waals surface area (Å²) in [6.45, 7) is 1.83. The van der Waals surface area contributed by atoms with Crippen molar-refractivity contribution in [3.05, 3.63) is 88.9 Å². The smallest absolute Gasteiger partial charge is 0.231 e. The van der Waals surface area contributed by atoms with Gasteiger partial charge < -0.3 is 14.2 Å². The van der Waals surface area contributed by atoms with Gasteiger partial charge in [-0.1, -0.05) is 18.2 Å². The van der Waals surface area contributed by atoms with Crippen LogP contribution in [0.15, 0.2) is 66.7 Å². The van der Waals surface area contributed by atoms with Crippen LogP contribution in [0.4, 0.5) is 0 Å². The monoisotopic (exact) mass is 400 g/mol. The number of methoxy groups -OCH3 is 1. The summed E-state index contributed by atoms with van der Waals surface area (Å²) < 4.78 is 17.2. The number of pyridine rings is 1. The number of carbonyl (C=O) groups is 1. The highest BCUT2D eigenvalue weighted by molar-refractivity contribution is 6.15. The lowest BCUT2D eigenvalue weighted by Crippen LogP contribution is -2.31. The van der Waals surface area contributed by atoms with E-state index >= 15 is 0 Å². The van der Waals surface area contributed by atoms with Crippen LogP contribution in [0.2, 0.25) is 0 Å². The lowest BCUT2D eigenvalue weighted by molar-refractivity contribution is 0.0872. The number of nitrogens with zero attached hydrogens (tertiary/aromatic N) is 2. The van der Waals surface area contributed by atoms with Crippen LogP contribution >= 0.6 is 0 Å². The number of benzene rings is 2. The van der Waals surface area contributed by atoms with E-state index < -0.39 is 0 Å². The van der Waals surface area contributed by atoms with Gasteiger partial charge in [-0.25, -0.2) is 0 Å². The van der Waals surface area contributed by atoms with Crippen LogP contribution in [0, 0.1) is 0 Å². The predicted molar refractivity (Wildman–Crippen MR) is 111 cm³/mol. The highest BCUT2D eigenvalue weighted by atomic mass is 16.5. The summed E-state index contributed by atoms with van der Waals surface area (Å²) in [4.78, 5) is 19.1. The molecule has 0 radical (unpaired) electrons. The van der Waals surface area contributed by atoms with Crippen molar-refractivity contribution in [3.63, 3.8) is 0 Å². The summed E-state index contributed by atoms with van der Waals surface area (Å²) in [6, 6.07) is 15.3. The number of allylic oxidation sites excluding steroid dienone is 1. The standard InChI is InChI=1S/C24H20N2O4/c1-28-18-6-4-16(5-7-18)13-26-14-20-21(29-15-26)9-8-19-23(27)22(30-24(19)20)11-17-3-2-10-25-12-17/h2-12H,13-15H2,1H3. The topological polar surface area (TPSA) is 60.9 Å². The Balaban J connectivity index is 1.39. The van der Waals surface area contributed by atoms with Crippen LogP contribution in [-0.2, 0) is 13.1 Å². The SMILES string of the molecule is COc1ccc(CN2COc3ccc4c(c3C2)OC(=Cc2cccnc2)C4=O)cc1. The third-order valence-electron chi connectivity index (χ3n) is 5.23. The Morgan fingerprint density at radius 3 is 2.80 bits per heavy atom. The van der Waals surface area contributed by atoms with E-state index in [0.717, 1.165) is 34.7 Å². The molecule has 0 amide bonds. The number of ether oxygens (including phenoxy) is 3. The minimum atomic E-state index is -0.121. The fourth-order valence-electron chi connectivity index (χ4n) is 3.71. The summed E-state index contributed by atoms with van der Waals surface area (Å²) in [5.74, 6) is 2.36. The van der Waals surface area contributed by atoms with Crippen LogP contribution < -0.4 is 14.2 Å². The van der Waals surface area contributed by atoms with Gasteiger partial charge in [0.1, 0.15) is 24.0 Å². The second kappa shape index (κ2) is 7.65. The second-order valence-corrected chi connectivity index (χ2v) is 7.25. The first kappa shape index (κ1) is 18.4. The first-order valence-electron chi connectivity index (χ1n) is 9.69. The fraction of sp³-hybridized carbons (Fsp3) is 0.167. The lowest BCUT2D eigenvalue weighted by Gasteiger charge is -2.29. The first-order chi connectivity index (χ1) is 14.7. The molecule has 0 saturated carbocycles. The van der Waals surface area contributed by atoms with Crippen LogP contribution in [0.5, 0.6) is 17.2 Å². The Labute approximate surface area is 174 Å². The summed E-state index contributed by atoms with van der Waals surface area (Å²) in [5.41, 5.74) is 3.44. The Morgan fingerprint density at radius 1 is 1.17 bits per heavy atom. The Hall–Kier alpha value is -3.64. The van der Waals surface area contributed by atoms with Crippen molar-refractivity contribution in [3.8, 4) is 17.2 Å². The number of hydrogen-bond donors (Lipinski definition) is 0. The van der Waals surface area contributed by atoms with Crippen LogP contribution in [0.1, 0.15) is 27.0 Å². The molecule has 0 fully saturated rings. The molecule has 1 aromatic heterocycles. The largest absolute Gasteiger partial charge is 0.497 e. The molecule has 6 nitrogen and oxygen atoms in total. The number of carbonyl (C=O) groups excluding carboxylic acids is 1. The molecule has 2 aliphatic rings. The van der Waals surface area contributed by atoms with Crippen molar-refractivity contribution in [2.75, 3.05) is 13.8 Å². The number of Topliss-reactive ketones (excluding diaryl/α,β-unsaturated/α-hetero) is 1. The van der Waals surface area contributed by atoms with Crippen molar-refractivity contribution >= 4 is 11.9 Å². The van der Waals surface area contributed by atoms with E-state index in [4.69, 9.17) is 14.2 Å². The molecule has 0 spiro atoms. The molecule has 3 heterocycles. The Morgan fingerprint density at radius 2 is 2.03 bits per heavy atom. The molecule has 0 saturated heterocycles. The quantitative estimate of drug-likeness (QED) is 0.616. The van der Waals surface area contributed by atoms with Gasteiger partial charge in [-0.2, -0.15) is 0 Å². The highest BCUT2D eigenvalue weighted by Crippen LogP contribution is 2.42. The van der Waals surface area contributed by atoms with Gasteiger partial charge in [-0.3, -0.25) is 14.7 Å². The van der Waals surface area contributed by atoms with Crippen molar-refractivity contribution in [1.29, 1.82) is 0 Å². The van der Waals surface area contributed by atoms with Gasteiger partial charge in [0.2, 0.25) is 5.78 Å². The lowest BCUT2D eigenvalue weighted by atomic mass is 10.0. The molecule has 0 aliphatic carbocycles. The van der Waals surface area contributed by atoms with Gasteiger partial charge in [-0.15, -0.1) is 0 Å². The number of fused-ring (bicyclic) bond motifs is 3. The van der Waals surface area contributed by atoms with Crippen molar-refractivity contribution in [1.82, 2.24) is 9.88 Å². The van der Waals surface area contributed by atoms with E-state index in [1.54, 1.807) is 31.6 Å². The second-order valence-electron chi connectivity index (χ2n) is 7.25. The Kier molecular flexibility index (Phi) is 4.69. The maximum Gasteiger partial charge on any atom is 0.231 e. The zero-order valence-corrected chi connectivity index (χ0v) is 16.5. The third kappa shape index (κ3) is 3.42. The van der Waals surface area contributed by atoms with Crippen molar-refractivity contribution in [2.45, 2.75) is 13.1 Å². The molecular weight excluding hydrogens is 380 g/mol. The van der Waals surface area contributed by atoms with Gasteiger partial charge in [0.25, 0.3) is 0 Å². The molecule has 6 heteroatoms. The Bertz CT molecular complexity index is 1120. The van der Waals surface area contributed by atoms with E-state index in [9.17, 15) is 4.79 Å². The van der Waals surface area contributed by atoms with E-state index in [1.807, 2.05) is 42.5 Å². The van der Waals surface area contributed by atoms with Crippen molar-refractivity contribution < 1.29 is 19.0 Å². The number of ketones is 1. The maximum absolute atomic E-state index is 12.8. The number of hydrogen-bond acceptors (Lipinski definition) is 6. The number of rotatable bonds is 4. The molecule has 30 heavy (non-hydrogen) atoms. The van der Waals surface area contributed by atoms with Gasteiger partial charge in [-0.05, 0) is 47.5 Å². The minimum Gasteiger partial charge on any atom is -0.497 e. The molecule has 150 valence electrons. The van der Waals surface area contributed by atoms with E-state index in [0.29, 0.717) is 30.3 Å². The molecule has 3 aromatic rings. The molecule has 0 atom stereocenters.